The minimum atomic E-state index is -3.05. The van der Waals surface area contributed by atoms with Crippen molar-refractivity contribution in [1.29, 1.82) is 0 Å². The summed E-state index contributed by atoms with van der Waals surface area (Å²) >= 11 is 0. The summed E-state index contributed by atoms with van der Waals surface area (Å²) in [6.45, 7) is -2.53. The summed E-state index contributed by atoms with van der Waals surface area (Å²) in [7, 11) is 0. The summed E-state index contributed by atoms with van der Waals surface area (Å²) in [5.41, 5.74) is 6.13. The van der Waals surface area contributed by atoms with Crippen molar-refractivity contribution in [2.75, 3.05) is 19.6 Å². The molecular weight excluding hydrogens is 462 g/mol. The molecule has 0 spiro atoms. The van der Waals surface area contributed by atoms with Crippen LogP contribution in [0.25, 0.3) is 0 Å². The molecule has 1 saturated heterocycles. The lowest BCUT2D eigenvalue weighted by Gasteiger charge is -2.32. The van der Waals surface area contributed by atoms with Gasteiger partial charge < -0.3 is 26.0 Å². The van der Waals surface area contributed by atoms with Gasteiger partial charge >= 0.3 is 6.61 Å². The first-order valence-electron chi connectivity index (χ1n) is 11.0. The van der Waals surface area contributed by atoms with Crippen molar-refractivity contribution in [3.63, 3.8) is 0 Å². The molecule has 0 aliphatic carbocycles. The Labute approximate surface area is 200 Å². The maximum atomic E-state index is 12.9. The zero-order chi connectivity index (χ0) is 25.4. The van der Waals surface area contributed by atoms with Gasteiger partial charge in [-0.1, -0.05) is 24.3 Å². The van der Waals surface area contributed by atoms with E-state index in [-0.39, 0.29) is 36.9 Å². The van der Waals surface area contributed by atoms with E-state index < -0.39 is 30.3 Å². The lowest BCUT2D eigenvalue weighted by molar-refractivity contribution is -0.126. The van der Waals surface area contributed by atoms with Gasteiger partial charge in [0.15, 0.2) is 0 Å². The number of benzene rings is 2. The van der Waals surface area contributed by atoms with Gasteiger partial charge in [-0.05, 0) is 42.7 Å². The normalized spacial score (nSPS) is 15.4. The predicted octanol–water partition coefficient (Wildman–Crippen LogP) is 1.67. The van der Waals surface area contributed by atoms with E-state index in [0.29, 0.717) is 24.9 Å². The lowest BCUT2D eigenvalue weighted by atomic mass is 9.96. The molecule has 3 rings (SSSR count). The summed E-state index contributed by atoms with van der Waals surface area (Å²) < 4.78 is 29.8. The molecule has 1 aliphatic rings. The third kappa shape index (κ3) is 7.23. The second kappa shape index (κ2) is 11.9. The van der Waals surface area contributed by atoms with Crippen LogP contribution in [0.3, 0.4) is 0 Å². The first kappa shape index (κ1) is 25.6. The van der Waals surface area contributed by atoms with E-state index in [9.17, 15) is 28.0 Å². The van der Waals surface area contributed by atoms with Gasteiger partial charge in [0.05, 0.1) is 18.0 Å². The SMILES string of the molecule is NC(=O)CNC(=O)c1ccc(CNC(=O)C2CCCN(C(=O)c3ccccc3OC(F)F)C2)cc1. The topological polar surface area (TPSA) is 131 Å². The molecule has 2 aromatic carbocycles. The number of para-hydroxylation sites is 1. The fraction of sp³-hybridized carbons (Fsp3) is 0.333. The van der Waals surface area contributed by atoms with Gasteiger partial charge in [0.25, 0.3) is 11.8 Å². The highest BCUT2D eigenvalue weighted by Crippen LogP contribution is 2.25. The van der Waals surface area contributed by atoms with Gasteiger partial charge in [-0.3, -0.25) is 19.2 Å². The Morgan fingerprint density at radius 2 is 1.77 bits per heavy atom. The highest BCUT2D eigenvalue weighted by atomic mass is 19.3. The molecule has 0 saturated carbocycles. The van der Waals surface area contributed by atoms with Crippen molar-refractivity contribution in [2.24, 2.45) is 11.7 Å². The molecule has 35 heavy (non-hydrogen) atoms. The number of nitrogens with zero attached hydrogens (tertiary/aromatic N) is 1. The van der Waals surface area contributed by atoms with Crippen LogP contribution in [0.15, 0.2) is 48.5 Å². The number of likely N-dealkylation sites (tertiary alicyclic amines) is 1. The van der Waals surface area contributed by atoms with Crippen molar-refractivity contribution >= 4 is 23.6 Å². The van der Waals surface area contributed by atoms with E-state index in [1.165, 1.54) is 23.1 Å². The fourth-order valence-corrected chi connectivity index (χ4v) is 3.76. The zero-order valence-corrected chi connectivity index (χ0v) is 18.8. The number of ether oxygens (including phenoxy) is 1. The highest BCUT2D eigenvalue weighted by Gasteiger charge is 2.30. The van der Waals surface area contributed by atoms with E-state index in [1.54, 1.807) is 30.3 Å². The highest BCUT2D eigenvalue weighted by molar-refractivity contribution is 5.97. The van der Waals surface area contributed by atoms with Crippen LogP contribution in [0.4, 0.5) is 8.78 Å². The Morgan fingerprint density at radius 1 is 1.06 bits per heavy atom. The molecule has 1 atom stereocenters. The number of amides is 4. The van der Waals surface area contributed by atoms with E-state index in [0.717, 1.165) is 5.56 Å². The molecule has 9 nitrogen and oxygen atoms in total. The molecule has 2 aromatic rings. The summed E-state index contributed by atoms with van der Waals surface area (Å²) in [6, 6.07) is 12.3. The van der Waals surface area contributed by atoms with Crippen molar-refractivity contribution in [2.45, 2.75) is 26.0 Å². The molecule has 4 N–H and O–H groups in total. The maximum Gasteiger partial charge on any atom is 0.387 e. The Balaban J connectivity index is 1.55. The number of hydrogen-bond acceptors (Lipinski definition) is 5. The quantitative estimate of drug-likeness (QED) is 0.494. The third-order valence-corrected chi connectivity index (χ3v) is 5.52. The number of nitrogens with one attached hydrogen (secondary N) is 2. The van der Waals surface area contributed by atoms with E-state index in [4.69, 9.17) is 5.73 Å². The van der Waals surface area contributed by atoms with Gasteiger partial charge in [0.1, 0.15) is 5.75 Å². The van der Waals surface area contributed by atoms with Crippen LogP contribution in [-0.4, -0.2) is 54.8 Å². The average Bonchev–Trinajstić information content (AvgIpc) is 2.85. The number of nitrogens with two attached hydrogens (primary N) is 1. The molecule has 1 aliphatic heterocycles. The summed E-state index contributed by atoms with van der Waals surface area (Å²) in [4.78, 5) is 49.8. The molecular formula is C24H26F2N4O5. The number of carbonyl (C=O) groups is 4. The predicted molar refractivity (Wildman–Crippen MR) is 122 cm³/mol. The van der Waals surface area contributed by atoms with Crippen molar-refractivity contribution in [3.8, 4) is 5.75 Å². The van der Waals surface area contributed by atoms with Crippen LogP contribution >= 0.6 is 0 Å². The zero-order valence-electron chi connectivity index (χ0n) is 18.8. The van der Waals surface area contributed by atoms with Crippen molar-refractivity contribution in [3.05, 3.63) is 65.2 Å². The first-order chi connectivity index (χ1) is 16.7. The summed E-state index contributed by atoms with van der Waals surface area (Å²) in [6.07, 6.45) is 1.18. The Morgan fingerprint density at radius 3 is 2.46 bits per heavy atom. The van der Waals surface area contributed by atoms with E-state index >= 15 is 0 Å². The van der Waals surface area contributed by atoms with Gasteiger partial charge in [-0.2, -0.15) is 8.78 Å². The molecule has 1 unspecified atom stereocenters. The maximum absolute atomic E-state index is 12.9. The Hall–Kier alpha value is -4.02. The van der Waals surface area contributed by atoms with Crippen LogP contribution in [0.5, 0.6) is 5.75 Å². The number of halogens is 2. The molecule has 186 valence electrons. The number of rotatable bonds is 9. The van der Waals surface area contributed by atoms with Gasteiger partial charge in [-0.15, -0.1) is 0 Å². The van der Waals surface area contributed by atoms with Crippen LogP contribution < -0.4 is 21.1 Å². The van der Waals surface area contributed by atoms with E-state index in [2.05, 4.69) is 15.4 Å². The molecule has 0 radical (unpaired) electrons. The third-order valence-electron chi connectivity index (χ3n) is 5.52. The minimum Gasteiger partial charge on any atom is -0.434 e. The number of hydrogen-bond donors (Lipinski definition) is 3. The van der Waals surface area contributed by atoms with Crippen LogP contribution in [0.2, 0.25) is 0 Å². The van der Waals surface area contributed by atoms with Crippen LogP contribution in [0, 0.1) is 5.92 Å². The second-order valence-electron chi connectivity index (χ2n) is 8.03. The number of piperidine rings is 1. The van der Waals surface area contributed by atoms with Gasteiger partial charge in [0, 0.05) is 25.2 Å². The van der Waals surface area contributed by atoms with Crippen molar-refractivity contribution in [1.82, 2.24) is 15.5 Å². The Kier molecular flexibility index (Phi) is 8.71. The van der Waals surface area contributed by atoms with Crippen LogP contribution in [-0.2, 0) is 16.1 Å². The minimum absolute atomic E-state index is 0.0220. The number of carbonyl (C=O) groups excluding carboxylic acids is 4. The summed E-state index contributed by atoms with van der Waals surface area (Å²) in [5.74, 6) is -2.44. The average molecular weight is 488 g/mol. The first-order valence-corrected chi connectivity index (χ1v) is 11.0. The Bertz CT molecular complexity index is 1080. The lowest BCUT2D eigenvalue weighted by Crippen LogP contribution is -2.45. The monoisotopic (exact) mass is 488 g/mol. The van der Waals surface area contributed by atoms with Gasteiger partial charge in [0.2, 0.25) is 11.8 Å². The van der Waals surface area contributed by atoms with Gasteiger partial charge in [-0.25, -0.2) is 0 Å². The smallest absolute Gasteiger partial charge is 0.387 e. The molecule has 4 amide bonds. The molecule has 0 aromatic heterocycles. The number of primary amides is 1. The van der Waals surface area contributed by atoms with Crippen LogP contribution in [0.1, 0.15) is 39.1 Å². The number of alkyl halides is 2. The molecule has 1 fully saturated rings. The molecule has 0 bridgehead atoms. The van der Waals surface area contributed by atoms with E-state index in [1.807, 2.05) is 0 Å². The second-order valence-corrected chi connectivity index (χ2v) is 8.03. The largest absolute Gasteiger partial charge is 0.434 e. The van der Waals surface area contributed by atoms with Crippen molar-refractivity contribution < 1.29 is 32.7 Å². The standard InChI is InChI=1S/C24H26F2N4O5/c25-24(26)35-19-6-2-1-5-18(19)23(34)30-11-3-4-17(14-30)22(33)28-12-15-7-9-16(10-8-15)21(32)29-13-20(27)31/h1-2,5-10,17,24H,3-4,11-14H2,(H2,27,31)(H,28,33)(H,29,32). The molecule has 1 heterocycles. The fourth-order valence-electron chi connectivity index (χ4n) is 3.76. The molecule has 11 heteroatoms. The summed E-state index contributed by atoms with van der Waals surface area (Å²) in [5, 5.41) is 5.22.